The normalized spacial score (nSPS) is 20.1. The Labute approximate surface area is 181 Å². The van der Waals surface area contributed by atoms with Gasteiger partial charge in [0.05, 0.1) is 18.6 Å². The average molecular weight is 421 g/mol. The topological polar surface area (TPSA) is 90.0 Å². The number of carboxylic acids is 1. The number of carbonyl (C=O) groups is 3. The maximum atomic E-state index is 13.3. The van der Waals surface area contributed by atoms with E-state index in [4.69, 9.17) is 4.74 Å². The summed E-state index contributed by atoms with van der Waals surface area (Å²) in [6.07, 6.45) is 0.678. The third kappa shape index (κ3) is 3.81. The van der Waals surface area contributed by atoms with Gasteiger partial charge in [-0.05, 0) is 37.6 Å². The molecule has 0 bridgehead atoms. The fourth-order valence-electron chi connectivity index (χ4n) is 4.51. The van der Waals surface area contributed by atoms with Gasteiger partial charge in [0.1, 0.15) is 5.72 Å². The molecule has 2 saturated heterocycles. The molecule has 7 heteroatoms. The molecule has 2 amide bonds. The number of hydrogen-bond acceptors (Lipinski definition) is 5. The molecule has 2 heterocycles. The second kappa shape index (κ2) is 8.15. The Morgan fingerprint density at radius 1 is 1.00 bits per heavy atom. The molecule has 2 fully saturated rings. The molecule has 0 unspecified atom stereocenters. The minimum absolute atomic E-state index is 0.0704. The van der Waals surface area contributed by atoms with Crippen molar-refractivity contribution in [3.05, 3.63) is 70.8 Å². The summed E-state index contributed by atoms with van der Waals surface area (Å²) in [5.74, 6) is -1.80. The summed E-state index contributed by atoms with van der Waals surface area (Å²) in [6, 6.07) is 13.3. The predicted octanol–water partition coefficient (Wildman–Crippen LogP) is 1.53. The van der Waals surface area contributed by atoms with Crippen LogP contribution in [-0.2, 0) is 9.53 Å². The molecule has 0 saturated carbocycles. The van der Waals surface area contributed by atoms with Crippen molar-refractivity contribution in [2.75, 3.05) is 19.7 Å². The molecule has 0 aliphatic carbocycles. The van der Waals surface area contributed by atoms with Crippen LogP contribution in [0.3, 0.4) is 0 Å². The van der Waals surface area contributed by atoms with E-state index in [1.807, 2.05) is 38.1 Å². The van der Waals surface area contributed by atoms with Crippen LogP contribution in [-0.4, -0.2) is 59.0 Å². The number of aliphatic carboxylic acids is 1. The number of likely N-dealkylation sites (tertiary alicyclic amines) is 1. The summed E-state index contributed by atoms with van der Waals surface area (Å²) in [6.45, 7) is 4.38. The van der Waals surface area contributed by atoms with E-state index in [0.717, 1.165) is 11.1 Å². The maximum absolute atomic E-state index is 13.3. The van der Waals surface area contributed by atoms with Gasteiger partial charge in [-0.25, -0.2) is 0 Å². The van der Waals surface area contributed by atoms with E-state index in [-0.39, 0.29) is 12.5 Å². The van der Waals surface area contributed by atoms with Gasteiger partial charge >= 0.3 is 0 Å². The molecule has 2 aliphatic heterocycles. The SMILES string of the molecule is Cc1cccc(C(=O)N2[C@@H](C(=O)[O-])COC23CCN(C(=O)c2ccccc2C)CC3)c1. The first-order chi connectivity index (χ1) is 14.8. The first-order valence-corrected chi connectivity index (χ1v) is 10.4. The first kappa shape index (κ1) is 21.1. The number of nitrogens with zero attached hydrogens (tertiary/aromatic N) is 2. The van der Waals surface area contributed by atoms with E-state index in [9.17, 15) is 19.5 Å². The lowest BCUT2D eigenvalue weighted by Gasteiger charge is -2.45. The zero-order chi connectivity index (χ0) is 22.2. The lowest BCUT2D eigenvalue weighted by molar-refractivity contribution is -0.310. The molecule has 31 heavy (non-hydrogen) atoms. The van der Waals surface area contributed by atoms with E-state index in [2.05, 4.69) is 0 Å². The van der Waals surface area contributed by atoms with Crippen molar-refractivity contribution in [3.63, 3.8) is 0 Å². The predicted molar refractivity (Wildman–Crippen MR) is 111 cm³/mol. The van der Waals surface area contributed by atoms with Crippen molar-refractivity contribution in [1.29, 1.82) is 0 Å². The second-order valence-electron chi connectivity index (χ2n) is 8.24. The monoisotopic (exact) mass is 421 g/mol. The summed E-state index contributed by atoms with van der Waals surface area (Å²) in [5.41, 5.74) is 1.80. The van der Waals surface area contributed by atoms with Crippen LogP contribution in [0.4, 0.5) is 0 Å². The fraction of sp³-hybridized carbons (Fsp3) is 0.375. The van der Waals surface area contributed by atoms with Gasteiger partial charge in [-0.3, -0.25) is 14.5 Å². The second-order valence-corrected chi connectivity index (χ2v) is 8.24. The van der Waals surface area contributed by atoms with Crippen LogP contribution < -0.4 is 5.11 Å². The highest BCUT2D eigenvalue weighted by Crippen LogP contribution is 2.38. The van der Waals surface area contributed by atoms with Crippen molar-refractivity contribution < 1.29 is 24.2 Å². The van der Waals surface area contributed by atoms with Crippen molar-refractivity contribution >= 4 is 17.8 Å². The summed E-state index contributed by atoms with van der Waals surface area (Å²) in [4.78, 5) is 41.2. The van der Waals surface area contributed by atoms with Gasteiger partial charge in [0.2, 0.25) is 0 Å². The Hall–Kier alpha value is -3.19. The molecule has 0 N–H and O–H groups in total. The first-order valence-electron chi connectivity index (χ1n) is 10.4. The van der Waals surface area contributed by atoms with Crippen LogP contribution in [0.2, 0.25) is 0 Å². The van der Waals surface area contributed by atoms with Crippen molar-refractivity contribution in [3.8, 4) is 0 Å². The minimum Gasteiger partial charge on any atom is -0.548 e. The Bertz CT molecular complexity index is 1030. The molecule has 162 valence electrons. The molecule has 1 spiro atoms. The van der Waals surface area contributed by atoms with E-state index < -0.39 is 23.6 Å². The molecule has 2 aromatic rings. The van der Waals surface area contributed by atoms with Crippen LogP contribution in [0.5, 0.6) is 0 Å². The van der Waals surface area contributed by atoms with E-state index in [0.29, 0.717) is 37.1 Å². The standard InChI is InChI=1S/C24H26N2O5/c1-16-6-5-8-18(14-16)21(27)26-20(23(29)30)15-31-24(26)10-12-25(13-11-24)22(28)19-9-4-3-7-17(19)2/h3-9,14,20H,10-13,15H2,1-2H3,(H,29,30)/p-1/t20-/m1/s1. The van der Waals surface area contributed by atoms with E-state index >= 15 is 0 Å². The molecule has 4 rings (SSSR count). The maximum Gasteiger partial charge on any atom is 0.256 e. The quantitative estimate of drug-likeness (QED) is 0.750. The molecule has 2 aromatic carbocycles. The number of amides is 2. The number of ether oxygens (including phenoxy) is 1. The molecular formula is C24H25N2O5-. The van der Waals surface area contributed by atoms with Crippen LogP contribution in [0.1, 0.15) is 44.7 Å². The van der Waals surface area contributed by atoms with Gasteiger partial charge in [0.25, 0.3) is 11.8 Å². The fourth-order valence-corrected chi connectivity index (χ4v) is 4.51. The molecular weight excluding hydrogens is 396 g/mol. The highest BCUT2D eigenvalue weighted by molar-refractivity contribution is 5.98. The number of rotatable bonds is 3. The molecule has 0 aromatic heterocycles. The van der Waals surface area contributed by atoms with Crippen LogP contribution >= 0.6 is 0 Å². The Morgan fingerprint density at radius 2 is 1.71 bits per heavy atom. The third-order valence-corrected chi connectivity index (χ3v) is 6.22. The third-order valence-electron chi connectivity index (χ3n) is 6.22. The van der Waals surface area contributed by atoms with Crippen molar-refractivity contribution in [2.24, 2.45) is 0 Å². The number of piperidine rings is 1. The Kier molecular flexibility index (Phi) is 5.54. The smallest absolute Gasteiger partial charge is 0.256 e. The van der Waals surface area contributed by atoms with E-state index in [1.54, 1.807) is 29.2 Å². The largest absolute Gasteiger partial charge is 0.548 e. The average Bonchev–Trinajstić information content (AvgIpc) is 3.12. The number of carbonyl (C=O) groups excluding carboxylic acids is 3. The lowest BCUT2D eigenvalue weighted by Crippen LogP contribution is -2.60. The van der Waals surface area contributed by atoms with Crippen LogP contribution in [0, 0.1) is 13.8 Å². The van der Waals surface area contributed by atoms with Gasteiger partial charge in [0, 0.05) is 37.1 Å². The van der Waals surface area contributed by atoms with Crippen molar-refractivity contribution in [2.45, 2.75) is 38.5 Å². The molecule has 1 atom stereocenters. The Morgan fingerprint density at radius 3 is 2.35 bits per heavy atom. The van der Waals surface area contributed by atoms with Crippen LogP contribution in [0.25, 0.3) is 0 Å². The molecule has 0 radical (unpaired) electrons. The van der Waals surface area contributed by atoms with E-state index in [1.165, 1.54) is 4.90 Å². The summed E-state index contributed by atoms with van der Waals surface area (Å²) < 4.78 is 5.94. The van der Waals surface area contributed by atoms with Gasteiger partial charge in [-0.15, -0.1) is 0 Å². The highest BCUT2D eigenvalue weighted by atomic mass is 16.5. The number of hydrogen-bond donors (Lipinski definition) is 0. The van der Waals surface area contributed by atoms with Gasteiger partial charge in [-0.2, -0.15) is 0 Å². The van der Waals surface area contributed by atoms with Crippen LogP contribution in [0.15, 0.2) is 48.5 Å². The minimum atomic E-state index is -1.34. The molecule has 2 aliphatic rings. The zero-order valence-electron chi connectivity index (χ0n) is 17.7. The summed E-state index contributed by atoms with van der Waals surface area (Å²) in [7, 11) is 0. The van der Waals surface area contributed by atoms with Crippen molar-refractivity contribution in [1.82, 2.24) is 9.80 Å². The van der Waals surface area contributed by atoms with Gasteiger partial charge in [0.15, 0.2) is 0 Å². The Balaban J connectivity index is 1.58. The molecule has 7 nitrogen and oxygen atoms in total. The number of benzene rings is 2. The summed E-state index contributed by atoms with van der Waals surface area (Å²) in [5, 5.41) is 11.8. The number of aryl methyl sites for hydroxylation is 2. The zero-order valence-corrected chi connectivity index (χ0v) is 17.7. The lowest BCUT2D eigenvalue weighted by atomic mass is 9.95. The highest BCUT2D eigenvalue weighted by Gasteiger charge is 2.52. The van der Waals surface area contributed by atoms with Gasteiger partial charge < -0.3 is 19.5 Å². The van der Waals surface area contributed by atoms with Gasteiger partial charge in [-0.1, -0.05) is 35.9 Å². The summed E-state index contributed by atoms with van der Waals surface area (Å²) >= 11 is 0. The number of carboxylic acid groups (broad SMARTS) is 1.